The van der Waals surface area contributed by atoms with E-state index in [4.69, 9.17) is 4.74 Å². The quantitative estimate of drug-likeness (QED) is 0.825. The zero-order chi connectivity index (χ0) is 12.8. The first-order valence-electron chi connectivity index (χ1n) is 6.61. The third-order valence-electron chi connectivity index (χ3n) is 4.04. The maximum Gasteiger partial charge on any atom is 0.235 e. The van der Waals surface area contributed by atoms with E-state index in [1.807, 2.05) is 12.1 Å². The summed E-state index contributed by atoms with van der Waals surface area (Å²) in [6.45, 7) is 0.763. The predicted molar refractivity (Wildman–Crippen MR) is 69.3 cm³/mol. The number of fused-ring (bicyclic) bond motifs is 1. The molecule has 96 valence electrons. The van der Waals surface area contributed by atoms with Crippen LogP contribution in [0, 0.1) is 5.92 Å². The van der Waals surface area contributed by atoms with E-state index in [-0.39, 0.29) is 11.8 Å². The highest BCUT2D eigenvalue weighted by molar-refractivity contribution is 5.85. The smallest absolute Gasteiger partial charge is 0.235 e. The summed E-state index contributed by atoms with van der Waals surface area (Å²) in [5.74, 6) is 1.60. The summed E-state index contributed by atoms with van der Waals surface area (Å²) in [4.78, 5) is 16.2. The van der Waals surface area contributed by atoms with Crippen LogP contribution in [0.3, 0.4) is 0 Å². The first kappa shape index (κ1) is 10.8. The molecular formula is C15H14N2O2. The molecule has 2 heterocycles. The van der Waals surface area contributed by atoms with Crippen LogP contribution in [0.5, 0.6) is 5.75 Å². The molecule has 0 radical (unpaired) electrons. The van der Waals surface area contributed by atoms with Crippen molar-refractivity contribution in [2.24, 2.45) is 5.92 Å². The summed E-state index contributed by atoms with van der Waals surface area (Å²) in [6.07, 6.45) is 6.84. The number of hydrogen-bond acceptors (Lipinski definition) is 3. The Morgan fingerprint density at radius 3 is 3.21 bits per heavy atom. The summed E-state index contributed by atoms with van der Waals surface area (Å²) in [6, 6.07) is 6.18. The molecule has 4 rings (SSSR count). The van der Waals surface area contributed by atoms with Crippen molar-refractivity contribution in [3.05, 3.63) is 48.0 Å². The van der Waals surface area contributed by atoms with Crippen molar-refractivity contribution >= 4 is 5.91 Å². The van der Waals surface area contributed by atoms with Crippen LogP contribution >= 0.6 is 0 Å². The fraction of sp³-hybridized carbons (Fsp3) is 0.333. The Balaban J connectivity index is 1.60. The first-order chi connectivity index (χ1) is 9.34. The standard InChI is InChI=1S/C15H14N2O2/c18-15(17-6-5-16-9-17)13-8-12(13)10-2-1-3-14-11(10)4-7-19-14/h1-3,5-6,9,12-13H,4,7-8H2/t12-,13+/m0/s1. The topological polar surface area (TPSA) is 44.1 Å². The predicted octanol–water partition coefficient (Wildman–Crippen LogP) is 2.26. The van der Waals surface area contributed by atoms with Crippen molar-refractivity contribution in [2.45, 2.75) is 18.8 Å². The summed E-state index contributed by atoms with van der Waals surface area (Å²) in [5.41, 5.74) is 2.60. The number of rotatable bonds is 2. The number of hydrogen-bond donors (Lipinski definition) is 0. The van der Waals surface area contributed by atoms with E-state index < -0.39 is 0 Å². The lowest BCUT2D eigenvalue weighted by Gasteiger charge is -2.06. The normalized spacial score (nSPS) is 23.8. The first-order valence-corrected chi connectivity index (χ1v) is 6.61. The third kappa shape index (κ3) is 1.67. The van der Waals surface area contributed by atoms with Gasteiger partial charge in [0, 0.05) is 30.3 Å². The molecule has 2 aromatic rings. The van der Waals surface area contributed by atoms with Gasteiger partial charge in [0.1, 0.15) is 12.1 Å². The molecule has 1 fully saturated rings. The second-order valence-corrected chi connectivity index (χ2v) is 5.18. The van der Waals surface area contributed by atoms with Crippen LogP contribution in [-0.2, 0) is 6.42 Å². The van der Waals surface area contributed by atoms with Crippen molar-refractivity contribution in [1.29, 1.82) is 0 Å². The van der Waals surface area contributed by atoms with Crippen LogP contribution in [-0.4, -0.2) is 22.1 Å². The average Bonchev–Trinajstić information content (AvgIpc) is 2.87. The molecule has 2 aliphatic rings. The average molecular weight is 254 g/mol. The Morgan fingerprint density at radius 1 is 1.42 bits per heavy atom. The summed E-state index contributed by atoms with van der Waals surface area (Å²) in [7, 11) is 0. The number of imidazole rings is 1. The Hall–Kier alpha value is -2.10. The Morgan fingerprint density at radius 2 is 2.37 bits per heavy atom. The molecule has 1 saturated carbocycles. The Kier molecular flexibility index (Phi) is 2.24. The summed E-state index contributed by atoms with van der Waals surface area (Å²) >= 11 is 0. The van der Waals surface area contributed by atoms with Crippen molar-refractivity contribution in [1.82, 2.24) is 9.55 Å². The lowest BCUT2D eigenvalue weighted by atomic mass is 10.00. The van der Waals surface area contributed by atoms with Gasteiger partial charge >= 0.3 is 0 Å². The van der Waals surface area contributed by atoms with Crippen molar-refractivity contribution < 1.29 is 9.53 Å². The van der Waals surface area contributed by atoms with E-state index in [1.54, 1.807) is 23.3 Å². The SMILES string of the molecule is O=C([C@@H]1C[C@H]1c1cccc2c1CCO2)n1ccnc1. The number of ether oxygens (including phenoxy) is 1. The number of aromatic nitrogens is 2. The minimum absolute atomic E-state index is 0.0984. The second-order valence-electron chi connectivity index (χ2n) is 5.18. The molecule has 0 amide bonds. The van der Waals surface area contributed by atoms with Crippen LogP contribution in [0.15, 0.2) is 36.9 Å². The molecular weight excluding hydrogens is 240 g/mol. The zero-order valence-corrected chi connectivity index (χ0v) is 10.5. The fourth-order valence-corrected chi connectivity index (χ4v) is 2.99. The van der Waals surface area contributed by atoms with E-state index in [0.29, 0.717) is 5.92 Å². The van der Waals surface area contributed by atoms with Gasteiger partial charge in [-0.05, 0) is 24.0 Å². The number of benzene rings is 1. The summed E-state index contributed by atoms with van der Waals surface area (Å²) < 4.78 is 7.17. The van der Waals surface area contributed by atoms with E-state index in [0.717, 1.165) is 25.2 Å². The lowest BCUT2D eigenvalue weighted by Crippen LogP contribution is -2.11. The molecule has 1 aliphatic heterocycles. The highest BCUT2D eigenvalue weighted by Crippen LogP contribution is 2.51. The molecule has 4 heteroatoms. The van der Waals surface area contributed by atoms with Crippen LogP contribution in [0.2, 0.25) is 0 Å². The van der Waals surface area contributed by atoms with Crippen LogP contribution in [0.4, 0.5) is 0 Å². The van der Waals surface area contributed by atoms with Gasteiger partial charge in [-0.15, -0.1) is 0 Å². The van der Waals surface area contributed by atoms with Crippen molar-refractivity contribution in [3.8, 4) is 5.75 Å². The minimum atomic E-state index is 0.0984. The van der Waals surface area contributed by atoms with E-state index in [2.05, 4.69) is 11.1 Å². The van der Waals surface area contributed by atoms with Crippen LogP contribution < -0.4 is 4.74 Å². The Bertz CT molecular complexity index is 634. The van der Waals surface area contributed by atoms with Gasteiger partial charge in [-0.2, -0.15) is 0 Å². The van der Waals surface area contributed by atoms with Gasteiger partial charge in [0.15, 0.2) is 0 Å². The minimum Gasteiger partial charge on any atom is -0.493 e. The van der Waals surface area contributed by atoms with E-state index >= 15 is 0 Å². The largest absolute Gasteiger partial charge is 0.493 e. The van der Waals surface area contributed by atoms with Crippen LogP contribution in [0.1, 0.15) is 28.3 Å². The molecule has 0 saturated heterocycles. The third-order valence-corrected chi connectivity index (χ3v) is 4.04. The Labute approximate surface area is 111 Å². The molecule has 1 aliphatic carbocycles. The summed E-state index contributed by atoms with van der Waals surface area (Å²) in [5, 5.41) is 0. The van der Waals surface area contributed by atoms with Crippen molar-refractivity contribution in [3.63, 3.8) is 0 Å². The van der Waals surface area contributed by atoms with Crippen molar-refractivity contribution in [2.75, 3.05) is 6.61 Å². The van der Waals surface area contributed by atoms with E-state index in [9.17, 15) is 4.79 Å². The maximum atomic E-state index is 12.2. The van der Waals surface area contributed by atoms with Gasteiger partial charge in [0.2, 0.25) is 5.91 Å². The molecule has 0 bridgehead atoms. The highest BCUT2D eigenvalue weighted by Gasteiger charge is 2.46. The lowest BCUT2D eigenvalue weighted by molar-refractivity contribution is 0.0883. The zero-order valence-electron chi connectivity index (χ0n) is 10.5. The van der Waals surface area contributed by atoms with E-state index in [1.165, 1.54) is 11.1 Å². The number of carbonyl (C=O) groups excluding carboxylic acids is 1. The van der Waals surface area contributed by atoms with Gasteiger partial charge in [0.25, 0.3) is 0 Å². The maximum absolute atomic E-state index is 12.2. The van der Waals surface area contributed by atoms with Gasteiger partial charge < -0.3 is 4.74 Å². The van der Waals surface area contributed by atoms with Gasteiger partial charge in [-0.25, -0.2) is 4.98 Å². The monoisotopic (exact) mass is 254 g/mol. The highest BCUT2D eigenvalue weighted by atomic mass is 16.5. The molecule has 0 unspecified atom stereocenters. The van der Waals surface area contributed by atoms with Crippen LogP contribution in [0.25, 0.3) is 0 Å². The molecule has 2 atom stereocenters. The van der Waals surface area contributed by atoms with Gasteiger partial charge in [-0.3, -0.25) is 9.36 Å². The molecule has 0 spiro atoms. The second kappa shape index (κ2) is 3.95. The molecule has 1 aromatic heterocycles. The number of carbonyl (C=O) groups is 1. The molecule has 4 nitrogen and oxygen atoms in total. The molecule has 0 N–H and O–H groups in total. The molecule has 19 heavy (non-hydrogen) atoms. The van der Waals surface area contributed by atoms with Gasteiger partial charge in [0.05, 0.1) is 6.61 Å². The number of nitrogens with zero attached hydrogens (tertiary/aromatic N) is 2. The molecule has 1 aromatic carbocycles. The fourth-order valence-electron chi connectivity index (χ4n) is 2.99. The van der Waals surface area contributed by atoms with Gasteiger partial charge in [-0.1, -0.05) is 12.1 Å².